The van der Waals surface area contributed by atoms with Crippen LogP contribution in [-0.4, -0.2) is 36.0 Å². The Kier molecular flexibility index (Phi) is 7.34. The molecule has 0 saturated carbocycles. The van der Waals surface area contributed by atoms with Crippen molar-refractivity contribution in [3.63, 3.8) is 0 Å². The number of carboxylic acids is 1. The third kappa shape index (κ3) is 5.95. The van der Waals surface area contributed by atoms with Gasteiger partial charge in [-0.15, -0.1) is 0 Å². The van der Waals surface area contributed by atoms with Gasteiger partial charge in [-0.3, -0.25) is 14.4 Å². The van der Waals surface area contributed by atoms with E-state index in [0.717, 1.165) is 4.47 Å². The predicted octanol–water partition coefficient (Wildman–Crippen LogP) is 2.82. The molecular formula is C20H19BrN2O5. The van der Waals surface area contributed by atoms with Crippen molar-refractivity contribution >= 4 is 39.8 Å². The number of hydrogen-bond donors (Lipinski definition) is 3. The molecule has 0 aliphatic heterocycles. The molecule has 0 aromatic heterocycles. The van der Waals surface area contributed by atoms with Crippen LogP contribution in [0.15, 0.2) is 58.7 Å². The quantitative estimate of drug-likeness (QED) is 0.567. The van der Waals surface area contributed by atoms with Crippen LogP contribution < -0.4 is 15.4 Å². The average molecular weight is 447 g/mol. The average Bonchev–Trinajstić information content (AvgIpc) is 2.68. The van der Waals surface area contributed by atoms with E-state index in [0.29, 0.717) is 16.9 Å². The molecule has 0 spiro atoms. The number of amides is 2. The summed E-state index contributed by atoms with van der Waals surface area (Å²) in [5.74, 6) is -1.75. The second-order valence-corrected chi connectivity index (χ2v) is 6.74. The summed E-state index contributed by atoms with van der Waals surface area (Å²) < 4.78 is 5.90. The lowest BCUT2D eigenvalue weighted by Gasteiger charge is -2.13. The summed E-state index contributed by atoms with van der Waals surface area (Å²) in [5.41, 5.74) is 0.902. The van der Waals surface area contributed by atoms with Crippen LogP contribution in [0.3, 0.4) is 0 Å². The summed E-state index contributed by atoms with van der Waals surface area (Å²) in [5, 5.41) is 13.9. The highest BCUT2D eigenvalue weighted by atomic mass is 79.9. The number of carboxylic acid groups (broad SMARTS) is 1. The number of rotatable bonds is 7. The monoisotopic (exact) mass is 446 g/mol. The standard InChI is InChI=1S/C20H19BrN2O5/c1-12(20(26)27)22-19(25)17(11-13-3-9-16(28-2)10-4-13)23-18(24)14-5-7-15(21)8-6-14/h3-12H,1-2H3,(H,22,25)(H,23,24)(H,26,27)/b17-11+/t12-/m1/s1. The largest absolute Gasteiger partial charge is 0.497 e. The molecule has 0 fully saturated rings. The lowest BCUT2D eigenvalue weighted by atomic mass is 10.1. The Morgan fingerprint density at radius 1 is 1.07 bits per heavy atom. The fourth-order valence-corrected chi connectivity index (χ4v) is 2.42. The Morgan fingerprint density at radius 2 is 1.68 bits per heavy atom. The molecule has 146 valence electrons. The van der Waals surface area contributed by atoms with Gasteiger partial charge in [0.05, 0.1) is 7.11 Å². The maximum Gasteiger partial charge on any atom is 0.325 e. The molecule has 0 radical (unpaired) electrons. The van der Waals surface area contributed by atoms with Gasteiger partial charge in [-0.1, -0.05) is 28.1 Å². The number of carbonyl (C=O) groups is 3. The summed E-state index contributed by atoms with van der Waals surface area (Å²) in [6.45, 7) is 1.34. The fourth-order valence-electron chi connectivity index (χ4n) is 2.16. The Bertz CT molecular complexity index is 892. The van der Waals surface area contributed by atoms with E-state index in [9.17, 15) is 14.4 Å². The molecule has 0 heterocycles. The zero-order valence-electron chi connectivity index (χ0n) is 15.2. The van der Waals surface area contributed by atoms with Crippen LogP contribution >= 0.6 is 15.9 Å². The van der Waals surface area contributed by atoms with Crippen LogP contribution in [0.1, 0.15) is 22.8 Å². The molecule has 2 rings (SSSR count). The second-order valence-electron chi connectivity index (χ2n) is 5.83. The molecule has 7 nitrogen and oxygen atoms in total. The lowest BCUT2D eigenvalue weighted by molar-refractivity contribution is -0.140. The van der Waals surface area contributed by atoms with Crippen molar-refractivity contribution in [2.24, 2.45) is 0 Å². The number of methoxy groups -OCH3 is 1. The SMILES string of the molecule is COc1ccc(/C=C(/NC(=O)c2ccc(Br)cc2)C(=O)N[C@H](C)C(=O)O)cc1. The number of ether oxygens (including phenoxy) is 1. The lowest BCUT2D eigenvalue weighted by Crippen LogP contribution is -2.42. The minimum Gasteiger partial charge on any atom is -0.497 e. The van der Waals surface area contributed by atoms with Crippen molar-refractivity contribution in [1.29, 1.82) is 0 Å². The van der Waals surface area contributed by atoms with Crippen LogP contribution in [0.2, 0.25) is 0 Å². The topological polar surface area (TPSA) is 105 Å². The van der Waals surface area contributed by atoms with Crippen molar-refractivity contribution in [3.8, 4) is 5.75 Å². The van der Waals surface area contributed by atoms with Gasteiger partial charge in [-0.2, -0.15) is 0 Å². The molecule has 1 atom stereocenters. The van der Waals surface area contributed by atoms with Gasteiger partial charge in [-0.25, -0.2) is 0 Å². The van der Waals surface area contributed by atoms with Crippen LogP contribution in [0.5, 0.6) is 5.75 Å². The molecular weight excluding hydrogens is 428 g/mol. The van der Waals surface area contributed by atoms with Crippen molar-refractivity contribution < 1.29 is 24.2 Å². The van der Waals surface area contributed by atoms with Crippen LogP contribution in [0.4, 0.5) is 0 Å². The smallest absolute Gasteiger partial charge is 0.325 e. The minimum atomic E-state index is -1.18. The van der Waals surface area contributed by atoms with Crippen molar-refractivity contribution in [1.82, 2.24) is 10.6 Å². The third-order valence-corrected chi connectivity index (χ3v) is 4.27. The summed E-state index contributed by atoms with van der Waals surface area (Å²) in [6, 6.07) is 12.3. The fraction of sp³-hybridized carbons (Fsp3) is 0.150. The van der Waals surface area contributed by atoms with Crippen LogP contribution in [0, 0.1) is 0 Å². The Hall–Kier alpha value is -3.13. The minimum absolute atomic E-state index is 0.0776. The zero-order chi connectivity index (χ0) is 20.7. The van der Waals surface area contributed by atoms with E-state index in [2.05, 4.69) is 26.6 Å². The molecule has 2 aromatic carbocycles. The highest BCUT2D eigenvalue weighted by Crippen LogP contribution is 2.15. The zero-order valence-corrected chi connectivity index (χ0v) is 16.8. The van der Waals surface area contributed by atoms with Crippen LogP contribution in [-0.2, 0) is 9.59 Å². The summed E-state index contributed by atoms with van der Waals surface area (Å²) in [4.78, 5) is 36.0. The van der Waals surface area contributed by atoms with E-state index in [1.807, 2.05) is 0 Å². The summed E-state index contributed by atoms with van der Waals surface area (Å²) in [7, 11) is 1.54. The predicted molar refractivity (Wildman–Crippen MR) is 108 cm³/mol. The first-order valence-corrected chi connectivity index (χ1v) is 9.06. The molecule has 0 saturated heterocycles. The first-order chi connectivity index (χ1) is 13.3. The highest BCUT2D eigenvalue weighted by Gasteiger charge is 2.19. The van der Waals surface area contributed by atoms with E-state index >= 15 is 0 Å². The maximum absolute atomic E-state index is 12.5. The van der Waals surface area contributed by atoms with E-state index in [1.54, 1.807) is 48.5 Å². The van der Waals surface area contributed by atoms with Gasteiger partial charge in [-0.05, 0) is 55.0 Å². The first kappa shape index (κ1) is 21.2. The first-order valence-electron chi connectivity index (χ1n) is 8.26. The summed E-state index contributed by atoms with van der Waals surface area (Å²) in [6.07, 6.45) is 1.46. The molecule has 0 aliphatic carbocycles. The number of benzene rings is 2. The highest BCUT2D eigenvalue weighted by molar-refractivity contribution is 9.10. The van der Waals surface area contributed by atoms with E-state index in [4.69, 9.17) is 9.84 Å². The second kappa shape index (κ2) is 9.70. The van der Waals surface area contributed by atoms with Crippen molar-refractivity contribution in [3.05, 3.63) is 69.8 Å². The normalized spacial score (nSPS) is 12.0. The van der Waals surface area contributed by atoms with Crippen molar-refractivity contribution in [2.75, 3.05) is 7.11 Å². The van der Waals surface area contributed by atoms with Gasteiger partial charge in [0.1, 0.15) is 17.5 Å². The Labute approximate surface area is 170 Å². The van der Waals surface area contributed by atoms with Crippen LogP contribution in [0.25, 0.3) is 6.08 Å². The molecule has 8 heteroatoms. The van der Waals surface area contributed by atoms with E-state index < -0.39 is 23.8 Å². The summed E-state index contributed by atoms with van der Waals surface area (Å²) >= 11 is 3.29. The van der Waals surface area contributed by atoms with Gasteiger partial charge in [0.2, 0.25) is 0 Å². The molecule has 2 amide bonds. The molecule has 2 aromatic rings. The Morgan fingerprint density at radius 3 is 2.21 bits per heavy atom. The number of halogens is 1. The molecule has 28 heavy (non-hydrogen) atoms. The van der Waals surface area contributed by atoms with Crippen molar-refractivity contribution in [2.45, 2.75) is 13.0 Å². The van der Waals surface area contributed by atoms with E-state index in [-0.39, 0.29) is 5.70 Å². The van der Waals surface area contributed by atoms with Gasteiger partial charge < -0.3 is 20.5 Å². The number of aliphatic carboxylic acids is 1. The molecule has 0 bridgehead atoms. The molecule has 0 unspecified atom stereocenters. The number of nitrogens with one attached hydrogen (secondary N) is 2. The number of hydrogen-bond acceptors (Lipinski definition) is 4. The van der Waals surface area contributed by atoms with Gasteiger partial charge in [0, 0.05) is 10.0 Å². The van der Waals surface area contributed by atoms with Gasteiger partial charge in [0.25, 0.3) is 11.8 Å². The molecule has 0 aliphatic rings. The van der Waals surface area contributed by atoms with Gasteiger partial charge >= 0.3 is 5.97 Å². The number of carbonyl (C=O) groups excluding carboxylic acids is 2. The Balaban J connectivity index is 2.29. The maximum atomic E-state index is 12.5. The van der Waals surface area contributed by atoms with E-state index in [1.165, 1.54) is 20.1 Å². The molecule has 3 N–H and O–H groups in total. The van der Waals surface area contributed by atoms with Gasteiger partial charge in [0.15, 0.2) is 0 Å². The third-order valence-electron chi connectivity index (χ3n) is 3.74.